The summed E-state index contributed by atoms with van der Waals surface area (Å²) in [6.07, 6.45) is -1.03. The van der Waals surface area contributed by atoms with Gasteiger partial charge in [0.15, 0.2) is 0 Å². The molecule has 0 spiro atoms. The van der Waals surface area contributed by atoms with Gasteiger partial charge in [0.25, 0.3) is 0 Å². The van der Waals surface area contributed by atoms with Gasteiger partial charge in [0.2, 0.25) is 5.91 Å². The van der Waals surface area contributed by atoms with Crippen molar-refractivity contribution in [1.29, 1.82) is 0 Å². The highest BCUT2D eigenvalue weighted by Crippen LogP contribution is 2.21. The van der Waals surface area contributed by atoms with Gasteiger partial charge in [0.05, 0.1) is 6.54 Å². The van der Waals surface area contributed by atoms with Gasteiger partial charge in [-0.15, -0.1) is 0 Å². The molecule has 0 aliphatic rings. The molecule has 3 aromatic carbocycles. The van der Waals surface area contributed by atoms with Crippen LogP contribution in [0.5, 0.6) is 0 Å². The van der Waals surface area contributed by atoms with Crippen LogP contribution in [0.4, 0.5) is 19.7 Å². The summed E-state index contributed by atoms with van der Waals surface area (Å²) >= 11 is 0. The summed E-state index contributed by atoms with van der Waals surface area (Å²) in [5.74, 6) is -1.34. The molecule has 10 nitrogen and oxygen atoms in total. The Kier molecular flexibility index (Phi) is 11.0. The van der Waals surface area contributed by atoms with E-state index in [9.17, 15) is 28.7 Å². The highest BCUT2D eigenvalue weighted by atomic mass is 19.1. The summed E-state index contributed by atoms with van der Waals surface area (Å²) < 4.78 is 19.2. The van der Waals surface area contributed by atoms with E-state index in [-0.39, 0.29) is 39.2 Å². The number of hydrogen-bond acceptors (Lipinski definition) is 5. The number of hydrogen-bond donors (Lipinski definition) is 4. The van der Waals surface area contributed by atoms with Crippen LogP contribution in [-0.2, 0) is 33.8 Å². The van der Waals surface area contributed by atoms with Gasteiger partial charge in [0, 0.05) is 32.1 Å². The molecule has 0 unspecified atom stereocenters. The Morgan fingerprint density at radius 3 is 2.33 bits per heavy atom. The average Bonchev–Trinajstić information content (AvgIpc) is 2.92. The number of ether oxygens (including phenoxy) is 1. The Balaban J connectivity index is 1.68. The standard InChI is InChI=1S/C29H31FN4O6/c1-20(35)40-14-13-31-28(37)33-25-12-11-23(24(16-25)15-22-9-5-6-10-26(22)30)17-32-27(36)19-34(29(38)39)18-21-7-3-2-4-8-21/h2-12,16H,13-15,17-19H2,1H3,(H,32,36)(H,38,39)(H2,31,33,37). The van der Waals surface area contributed by atoms with Gasteiger partial charge >= 0.3 is 18.1 Å². The second-order valence-electron chi connectivity index (χ2n) is 8.87. The van der Waals surface area contributed by atoms with E-state index in [1.165, 1.54) is 13.0 Å². The molecule has 4 amide bonds. The van der Waals surface area contributed by atoms with Crippen molar-refractivity contribution in [3.8, 4) is 0 Å². The normalized spacial score (nSPS) is 10.3. The lowest BCUT2D eigenvalue weighted by molar-refractivity contribution is -0.140. The van der Waals surface area contributed by atoms with Crippen molar-refractivity contribution in [1.82, 2.24) is 15.5 Å². The van der Waals surface area contributed by atoms with Gasteiger partial charge in [-0.25, -0.2) is 14.0 Å². The molecule has 4 N–H and O–H groups in total. The van der Waals surface area contributed by atoms with Gasteiger partial charge in [-0.2, -0.15) is 0 Å². The first-order valence-electron chi connectivity index (χ1n) is 12.5. The van der Waals surface area contributed by atoms with Crippen LogP contribution in [0.3, 0.4) is 0 Å². The number of anilines is 1. The molecule has 3 rings (SSSR count). The van der Waals surface area contributed by atoms with Gasteiger partial charge in [-0.3, -0.25) is 14.5 Å². The first kappa shape index (κ1) is 29.6. The molecule has 0 bridgehead atoms. The molecule has 0 fully saturated rings. The highest BCUT2D eigenvalue weighted by molar-refractivity contribution is 5.89. The first-order valence-corrected chi connectivity index (χ1v) is 12.5. The van der Waals surface area contributed by atoms with Crippen LogP contribution >= 0.6 is 0 Å². The van der Waals surface area contributed by atoms with Crippen LogP contribution in [-0.4, -0.2) is 53.7 Å². The monoisotopic (exact) mass is 550 g/mol. The summed E-state index contributed by atoms with van der Waals surface area (Å²) in [7, 11) is 0. The Hall–Kier alpha value is -4.93. The fourth-order valence-electron chi connectivity index (χ4n) is 3.84. The molecule has 0 aliphatic heterocycles. The second kappa shape index (κ2) is 14.9. The number of nitrogens with one attached hydrogen (secondary N) is 3. The number of nitrogens with zero attached hydrogens (tertiary/aromatic N) is 1. The van der Waals surface area contributed by atoms with E-state index in [0.29, 0.717) is 22.4 Å². The molecule has 11 heteroatoms. The van der Waals surface area contributed by atoms with Gasteiger partial charge in [0.1, 0.15) is 19.0 Å². The highest BCUT2D eigenvalue weighted by Gasteiger charge is 2.17. The second-order valence-corrected chi connectivity index (χ2v) is 8.87. The SMILES string of the molecule is CC(=O)OCCNC(=O)Nc1ccc(CNC(=O)CN(Cc2ccccc2)C(=O)O)c(Cc2ccccc2F)c1. The van der Waals surface area contributed by atoms with Crippen LogP contribution in [0.25, 0.3) is 0 Å². The molecule has 3 aromatic rings. The van der Waals surface area contributed by atoms with Crippen LogP contribution < -0.4 is 16.0 Å². The Labute approximate surface area is 231 Å². The molecule has 0 atom stereocenters. The molecule has 0 aromatic heterocycles. The van der Waals surface area contributed by atoms with E-state index in [2.05, 4.69) is 16.0 Å². The molecular formula is C29H31FN4O6. The number of urea groups is 1. The molecule has 0 heterocycles. The van der Waals surface area contributed by atoms with Crippen molar-refractivity contribution in [2.24, 2.45) is 0 Å². The Morgan fingerprint density at radius 1 is 0.900 bits per heavy atom. The van der Waals surface area contributed by atoms with Crippen molar-refractivity contribution in [3.05, 3.63) is 101 Å². The number of rotatable bonds is 12. The van der Waals surface area contributed by atoms with E-state index in [1.807, 2.05) is 6.07 Å². The summed E-state index contributed by atoms with van der Waals surface area (Å²) in [6, 6.07) is 19.7. The number of halogens is 1. The fraction of sp³-hybridized carbons (Fsp3) is 0.241. The number of carbonyl (C=O) groups is 4. The maximum absolute atomic E-state index is 14.4. The van der Waals surface area contributed by atoms with E-state index >= 15 is 0 Å². The van der Waals surface area contributed by atoms with Gasteiger partial charge in [-0.05, 0) is 40.5 Å². The predicted molar refractivity (Wildman–Crippen MR) is 146 cm³/mol. The van der Waals surface area contributed by atoms with Crippen molar-refractivity contribution in [2.75, 3.05) is 25.0 Å². The fourth-order valence-corrected chi connectivity index (χ4v) is 3.84. The third kappa shape index (κ3) is 9.75. The van der Waals surface area contributed by atoms with Crippen LogP contribution in [0, 0.1) is 5.82 Å². The molecule has 0 aliphatic carbocycles. The summed E-state index contributed by atoms with van der Waals surface area (Å²) in [6.45, 7) is 1.19. The zero-order valence-corrected chi connectivity index (χ0v) is 22.0. The molecular weight excluding hydrogens is 519 g/mol. The van der Waals surface area contributed by atoms with Gasteiger partial charge in [-0.1, -0.05) is 54.6 Å². The van der Waals surface area contributed by atoms with E-state index < -0.39 is 29.8 Å². The number of carboxylic acid groups (broad SMARTS) is 1. The quantitative estimate of drug-likeness (QED) is 0.199. The summed E-state index contributed by atoms with van der Waals surface area (Å²) in [5, 5.41) is 17.5. The van der Waals surface area contributed by atoms with Gasteiger partial charge < -0.3 is 25.8 Å². The Bertz CT molecular complexity index is 1340. The average molecular weight is 551 g/mol. The zero-order valence-electron chi connectivity index (χ0n) is 22.0. The number of amides is 4. The van der Waals surface area contributed by atoms with Crippen LogP contribution in [0.1, 0.15) is 29.2 Å². The topological polar surface area (TPSA) is 137 Å². The van der Waals surface area contributed by atoms with E-state index in [4.69, 9.17) is 4.74 Å². The largest absolute Gasteiger partial charge is 0.465 e. The first-order chi connectivity index (χ1) is 19.2. The van der Waals surface area contributed by atoms with Crippen molar-refractivity contribution >= 4 is 29.7 Å². The van der Waals surface area contributed by atoms with Crippen molar-refractivity contribution < 1.29 is 33.4 Å². The minimum Gasteiger partial charge on any atom is -0.465 e. The zero-order chi connectivity index (χ0) is 28.9. The predicted octanol–water partition coefficient (Wildman–Crippen LogP) is 3.90. The Morgan fingerprint density at radius 2 is 1.62 bits per heavy atom. The van der Waals surface area contributed by atoms with E-state index in [0.717, 1.165) is 10.5 Å². The van der Waals surface area contributed by atoms with Crippen LogP contribution in [0.2, 0.25) is 0 Å². The molecule has 210 valence electrons. The van der Waals surface area contributed by atoms with E-state index in [1.54, 1.807) is 60.7 Å². The summed E-state index contributed by atoms with van der Waals surface area (Å²) in [4.78, 5) is 48.4. The number of benzene rings is 3. The molecule has 0 saturated heterocycles. The number of esters is 1. The third-order valence-electron chi connectivity index (χ3n) is 5.79. The maximum Gasteiger partial charge on any atom is 0.408 e. The van der Waals surface area contributed by atoms with Crippen molar-refractivity contribution in [2.45, 2.75) is 26.4 Å². The molecule has 0 saturated carbocycles. The lowest BCUT2D eigenvalue weighted by Crippen LogP contribution is -2.39. The smallest absolute Gasteiger partial charge is 0.408 e. The molecule has 40 heavy (non-hydrogen) atoms. The lowest BCUT2D eigenvalue weighted by Gasteiger charge is -2.19. The number of carbonyl (C=O) groups excluding carboxylic acids is 3. The lowest BCUT2D eigenvalue weighted by atomic mass is 9.98. The minimum atomic E-state index is -1.22. The van der Waals surface area contributed by atoms with Crippen molar-refractivity contribution in [3.63, 3.8) is 0 Å². The third-order valence-corrected chi connectivity index (χ3v) is 5.79. The summed E-state index contributed by atoms with van der Waals surface area (Å²) in [5.41, 5.74) is 2.94. The minimum absolute atomic E-state index is 0.0323. The molecule has 0 radical (unpaired) electrons. The van der Waals surface area contributed by atoms with Crippen LogP contribution in [0.15, 0.2) is 72.8 Å². The maximum atomic E-state index is 14.4.